The van der Waals surface area contributed by atoms with Crippen molar-refractivity contribution < 1.29 is 8.42 Å². The molecule has 0 bridgehead atoms. The maximum Gasteiger partial charge on any atom is 0.257 e. The summed E-state index contributed by atoms with van der Waals surface area (Å²) >= 11 is 0. The van der Waals surface area contributed by atoms with E-state index in [9.17, 15) is 8.42 Å². The van der Waals surface area contributed by atoms with Crippen molar-refractivity contribution in [2.45, 2.75) is 57.0 Å². The fourth-order valence-electron chi connectivity index (χ4n) is 1.66. The van der Waals surface area contributed by atoms with Gasteiger partial charge in [0.05, 0.1) is 6.20 Å². The van der Waals surface area contributed by atoms with Crippen LogP contribution >= 0.6 is 0 Å². The van der Waals surface area contributed by atoms with Crippen molar-refractivity contribution in [2.24, 2.45) is 0 Å². The van der Waals surface area contributed by atoms with Crippen molar-refractivity contribution in [1.29, 1.82) is 0 Å². The summed E-state index contributed by atoms with van der Waals surface area (Å²) in [6.45, 7) is 4.05. The molecule has 1 rings (SSSR count). The molecule has 0 aliphatic rings. The zero-order chi connectivity index (χ0) is 12.7. The third-order valence-corrected chi connectivity index (χ3v) is 4.13. The maximum absolute atomic E-state index is 11.8. The predicted octanol–water partition coefficient (Wildman–Crippen LogP) is 2.05. The molecule has 98 valence electrons. The van der Waals surface area contributed by atoms with E-state index in [1.807, 2.05) is 6.92 Å². The van der Waals surface area contributed by atoms with E-state index in [0.29, 0.717) is 0 Å². The highest BCUT2D eigenvalue weighted by Gasteiger charge is 2.17. The first-order valence-electron chi connectivity index (χ1n) is 6.08. The van der Waals surface area contributed by atoms with Crippen molar-refractivity contribution >= 4 is 10.0 Å². The van der Waals surface area contributed by atoms with Crippen molar-refractivity contribution in [1.82, 2.24) is 14.9 Å². The zero-order valence-electron chi connectivity index (χ0n) is 10.4. The topological polar surface area (TPSA) is 74.8 Å². The Labute approximate surface area is 103 Å². The molecule has 0 amide bonds. The summed E-state index contributed by atoms with van der Waals surface area (Å²) < 4.78 is 26.3. The molecule has 1 heterocycles. The number of H-pyrrole nitrogens is 1. The van der Waals surface area contributed by atoms with Gasteiger partial charge in [-0.3, -0.25) is 5.10 Å². The summed E-state index contributed by atoms with van der Waals surface area (Å²) in [6, 6.07) is 1.41. The Bertz CT molecular complexity index is 400. The van der Waals surface area contributed by atoms with Crippen LogP contribution < -0.4 is 4.72 Å². The fourth-order valence-corrected chi connectivity index (χ4v) is 2.84. The average molecular weight is 259 g/mol. The van der Waals surface area contributed by atoms with Gasteiger partial charge in [0, 0.05) is 6.04 Å². The molecule has 0 aliphatic carbocycles. The van der Waals surface area contributed by atoms with Crippen LogP contribution in [0.5, 0.6) is 0 Å². The van der Waals surface area contributed by atoms with E-state index >= 15 is 0 Å². The van der Waals surface area contributed by atoms with Crippen molar-refractivity contribution in [3.8, 4) is 0 Å². The normalized spacial score (nSPS) is 13.8. The minimum atomic E-state index is -3.43. The number of unbranched alkanes of at least 4 members (excludes halogenated alkanes) is 3. The van der Waals surface area contributed by atoms with Crippen molar-refractivity contribution in [3.63, 3.8) is 0 Å². The number of aromatic nitrogens is 2. The molecule has 1 aromatic rings. The van der Waals surface area contributed by atoms with Crippen LogP contribution in [0.4, 0.5) is 0 Å². The van der Waals surface area contributed by atoms with E-state index < -0.39 is 10.0 Å². The lowest BCUT2D eigenvalue weighted by Gasteiger charge is -2.12. The number of hydrogen-bond donors (Lipinski definition) is 2. The standard InChI is InChI=1S/C11H21N3O2S/c1-3-4-5-6-7-10(2)14-17(15,16)11-8-9-12-13-11/h8-10,14H,3-7H2,1-2H3,(H,12,13). The largest absolute Gasteiger partial charge is 0.266 e. The monoisotopic (exact) mass is 259 g/mol. The number of rotatable bonds is 8. The van der Waals surface area contributed by atoms with Crippen LogP contribution in [0.1, 0.15) is 46.0 Å². The predicted molar refractivity (Wildman–Crippen MR) is 67.1 cm³/mol. The van der Waals surface area contributed by atoms with Gasteiger partial charge in [0.2, 0.25) is 0 Å². The second kappa shape index (κ2) is 6.76. The first-order valence-corrected chi connectivity index (χ1v) is 7.56. The van der Waals surface area contributed by atoms with Gasteiger partial charge in [-0.1, -0.05) is 32.6 Å². The first-order chi connectivity index (χ1) is 8.06. The minimum Gasteiger partial charge on any atom is -0.266 e. The SMILES string of the molecule is CCCCCCC(C)NS(=O)(=O)c1ccn[nH]1. The van der Waals surface area contributed by atoms with Crippen LogP contribution in [-0.4, -0.2) is 24.7 Å². The molecular formula is C11H21N3O2S. The highest BCUT2D eigenvalue weighted by molar-refractivity contribution is 7.89. The summed E-state index contributed by atoms with van der Waals surface area (Å²) in [5.74, 6) is 0. The average Bonchev–Trinajstić information content (AvgIpc) is 2.77. The number of nitrogens with one attached hydrogen (secondary N) is 2. The highest BCUT2D eigenvalue weighted by Crippen LogP contribution is 2.09. The molecule has 0 radical (unpaired) electrons. The maximum atomic E-state index is 11.8. The van der Waals surface area contributed by atoms with E-state index in [4.69, 9.17) is 0 Å². The summed E-state index contributed by atoms with van der Waals surface area (Å²) in [4.78, 5) is 0. The third kappa shape index (κ3) is 4.87. The summed E-state index contributed by atoms with van der Waals surface area (Å²) in [5.41, 5.74) is 0. The Balaban J connectivity index is 2.38. The van der Waals surface area contributed by atoms with Crippen LogP contribution in [-0.2, 0) is 10.0 Å². The third-order valence-electron chi connectivity index (χ3n) is 2.61. The van der Waals surface area contributed by atoms with E-state index in [0.717, 1.165) is 19.3 Å². The van der Waals surface area contributed by atoms with Gasteiger partial charge in [-0.25, -0.2) is 13.1 Å². The lowest BCUT2D eigenvalue weighted by atomic mass is 10.1. The van der Waals surface area contributed by atoms with Crippen LogP contribution in [0.25, 0.3) is 0 Å². The molecule has 1 unspecified atom stereocenters. The van der Waals surface area contributed by atoms with Crippen LogP contribution in [0, 0.1) is 0 Å². The molecule has 1 aromatic heterocycles. The van der Waals surface area contributed by atoms with E-state index in [-0.39, 0.29) is 11.1 Å². The summed E-state index contributed by atoms with van der Waals surface area (Å²) in [5, 5.41) is 6.22. The second-order valence-electron chi connectivity index (χ2n) is 4.29. The lowest BCUT2D eigenvalue weighted by molar-refractivity contribution is 0.520. The van der Waals surface area contributed by atoms with Crippen LogP contribution in [0.2, 0.25) is 0 Å². The Hall–Kier alpha value is -0.880. The van der Waals surface area contributed by atoms with Gasteiger partial charge in [0.1, 0.15) is 0 Å². The van der Waals surface area contributed by atoms with Gasteiger partial charge >= 0.3 is 0 Å². The molecule has 0 aromatic carbocycles. The number of nitrogens with zero attached hydrogens (tertiary/aromatic N) is 1. The van der Waals surface area contributed by atoms with E-state index in [1.54, 1.807) is 0 Å². The van der Waals surface area contributed by atoms with Crippen LogP contribution in [0.15, 0.2) is 17.3 Å². The molecule has 2 N–H and O–H groups in total. The molecule has 0 saturated heterocycles. The molecular weight excluding hydrogens is 238 g/mol. The van der Waals surface area contributed by atoms with Gasteiger partial charge < -0.3 is 0 Å². The van der Waals surface area contributed by atoms with Crippen LogP contribution in [0.3, 0.4) is 0 Å². The molecule has 6 heteroatoms. The summed E-state index contributed by atoms with van der Waals surface area (Å²) in [6.07, 6.45) is 6.91. The smallest absolute Gasteiger partial charge is 0.257 e. The fraction of sp³-hybridized carbons (Fsp3) is 0.727. The number of aromatic amines is 1. The molecule has 0 aliphatic heterocycles. The van der Waals surface area contributed by atoms with Gasteiger partial charge in [-0.05, 0) is 19.4 Å². The zero-order valence-corrected chi connectivity index (χ0v) is 11.3. The first kappa shape index (κ1) is 14.2. The number of sulfonamides is 1. The van der Waals surface area contributed by atoms with Gasteiger partial charge in [0.15, 0.2) is 5.03 Å². The van der Waals surface area contributed by atoms with Crippen molar-refractivity contribution in [3.05, 3.63) is 12.3 Å². The molecule has 0 fully saturated rings. The molecule has 17 heavy (non-hydrogen) atoms. The summed E-state index contributed by atoms with van der Waals surface area (Å²) in [7, 11) is -3.43. The minimum absolute atomic E-state index is 0.0415. The van der Waals surface area contributed by atoms with Gasteiger partial charge in [-0.2, -0.15) is 5.10 Å². The quantitative estimate of drug-likeness (QED) is 0.702. The number of hydrogen-bond acceptors (Lipinski definition) is 3. The Morgan fingerprint density at radius 2 is 2.18 bits per heavy atom. The molecule has 5 nitrogen and oxygen atoms in total. The second-order valence-corrected chi connectivity index (χ2v) is 5.97. The van der Waals surface area contributed by atoms with Gasteiger partial charge in [-0.15, -0.1) is 0 Å². The van der Waals surface area contributed by atoms with E-state index in [2.05, 4.69) is 21.8 Å². The Kier molecular flexibility index (Phi) is 5.64. The highest BCUT2D eigenvalue weighted by atomic mass is 32.2. The van der Waals surface area contributed by atoms with Gasteiger partial charge in [0.25, 0.3) is 10.0 Å². The molecule has 0 saturated carbocycles. The Morgan fingerprint density at radius 1 is 1.41 bits per heavy atom. The van der Waals surface area contributed by atoms with Crippen molar-refractivity contribution in [2.75, 3.05) is 0 Å². The molecule has 1 atom stereocenters. The van der Waals surface area contributed by atoms with E-state index in [1.165, 1.54) is 25.1 Å². The lowest BCUT2D eigenvalue weighted by Crippen LogP contribution is -2.32. The molecule has 0 spiro atoms. The Morgan fingerprint density at radius 3 is 2.76 bits per heavy atom.